The molecule has 2 saturated heterocycles. The average Bonchev–Trinajstić information content (AvgIpc) is 3.29. The minimum absolute atomic E-state index is 0.0499. The molecule has 43 heavy (non-hydrogen) atoms. The van der Waals surface area contributed by atoms with Crippen LogP contribution in [-0.4, -0.2) is 71.4 Å². The first-order valence-corrected chi connectivity index (χ1v) is 12.4. The van der Waals surface area contributed by atoms with Crippen molar-refractivity contribution in [1.82, 2.24) is 14.9 Å². The van der Waals surface area contributed by atoms with E-state index in [-0.39, 0.29) is 38.8 Å². The zero-order valence-corrected chi connectivity index (χ0v) is 21.7. The van der Waals surface area contributed by atoms with Gasteiger partial charge in [0.05, 0.1) is 37.7 Å². The number of likely N-dealkylation sites (tertiary alicyclic amines) is 1. The number of imide groups is 1. The molecular formula is C23H19N7O13. The van der Waals surface area contributed by atoms with E-state index >= 15 is 0 Å². The van der Waals surface area contributed by atoms with Gasteiger partial charge < -0.3 is 9.74 Å². The van der Waals surface area contributed by atoms with Gasteiger partial charge in [0.2, 0.25) is 5.91 Å². The molecule has 3 heterocycles. The van der Waals surface area contributed by atoms with Crippen LogP contribution in [0.1, 0.15) is 42.9 Å². The second kappa shape index (κ2) is 11.9. The van der Waals surface area contributed by atoms with E-state index in [9.17, 15) is 59.6 Å². The molecule has 1 unspecified atom stereocenters. The molecule has 1 aromatic heterocycles. The zero-order chi connectivity index (χ0) is 31.6. The van der Waals surface area contributed by atoms with Gasteiger partial charge in [0, 0.05) is 37.6 Å². The predicted octanol–water partition coefficient (Wildman–Crippen LogP) is 1.69. The Kier molecular flexibility index (Phi) is 8.30. The van der Waals surface area contributed by atoms with Crippen molar-refractivity contribution in [2.24, 2.45) is 5.92 Å². The number of non-ortho nitro benzene ring substituents is 1. The molecule has 1 aromatic carbocycles. The lowest BCUT2D eigenvalue weighted by molar-refractivity contribution is -0.395. The second-order valence-corrected chi connectivity index (χ2v) is 9.39. The molecule has 0 N–H and O–H groups in total. The first kappa shape index (κ1) is 30.0. The molecule has 4 rings (SSSR count). The van der Waals surface area contributed by atoms with E-state index in [1.54, 1.807) is 0 Å². The number of amides is 3. The maximum absolute atomic E-state index is 13.9. The average molecular weight is 601 g/mol. The number of benzene rings is 1. The van der Waals surface area contributed by atoms with Crippen molar-refractivity contribution < 1.29 is 43.7 Å². The summed E-state index contributed by atoms with van der Waals surface area (Å²) in [6, 6.07) is 2.82. The van der Waals surface area contributed by atoms with Crippen LogP contribution in [0.4, 0.5) is 22.7 Å². The van der Waals surface area contributed by atoms with E-state index in [1.807, 2.05) is 0 Å². The normalized spacial score (nSPS) is 16.1. The topological polar surface area (TPSA) is 269 Å². The highest BCUT2D eigenvalue weighted by molar-refractivity contribution is 6.01. The maximum Gasteiger partial charge on any atom is 0.336 e. The number of carbonyl (C=O) groups excluding carboxylic acids is 4. The van der Waals surface area contributed by atoms with Crippen molar-refractivity contribution in [1.29, 1.82) is 0 Å². The Morgan fingerprint density at radius 2 is 1.40 bits per heavy atom. The van der Waals surface area contributed by atoms with Crippen molar-refractivity contribution in [3.05, 3.63) is 82.2 Å². The quantitative estimate of drug-likeness (QED) is 0.225. The van der Waals surface area contributed by atoms with Crippen LogP contribution in [0.5, 0.6) is 0 Å². The lowest BCUT2D eigenvalue weighted by Crippen LogP contribution is -2.44. The summed E-state index contributed by atoms with van der Waals surface area (Å²) in [6.07, 6.45) is 0.302. The summed E-state index contributed by atoms with van der Waals surface area (Å²) in [5.41, 5.74) is -4.63. The molecule has 0 radical (unpaired) electrons. The van der Waals surface area contributed by atoms with Crippen molar-refractivity contribution in [3.63, 3.8) is 0 Å². The Balaban J connectivity index is 1.70. The van der Waals surface area contributed by atoms with Gasteiger partial charge in [0.1, 0.15) is 17.8 Å². The fraction of sp³-hybridized carbons (Fsp3) is 0.348. The molecule has 20 heteroatoms. The van der Waals surface area contributed by atoms with E-state index in [4.69, 9.17) is 4.84 Å². The number of hydroxylamine groups is 2. The maximum atomic E-state index is 13.9. The van der Waals surface area contributed by atoms with Crippen LogP contribution in [0.2, 0.25) is 0 Å². The zero-order valence-electron chi connectivity index (χ0n) is 21.7. The summed E-state index contributed by atoms with van der Waals surface area (Å²) in [5, 5.41) is 46.6. The Hall–Kier alpha value is -5.95. The number of rotatable bonds is 9. The molecule has 0 spiro atoms. The van der Waals surface area contributed by atoms with Gasteiger partial charge >= 0.3 is 5.97 Å². The third kappa shape index (κ3) is 6.06. The number of nitro benzene ring substituents is 2. The van der Waals surface area contributed by atoms with Crippen molar-refractivity contribution >= 4 is 46.4 Å². The number of pyridine rings is 1. The fourth-order valence-electron chi connectivity index (χ4n) is 4.71. The number of aromatic nitrogens is 1. The van der Waals surface area contributed by atoms with E-state index in [0.29, 0.717) is 23.4 Å². The number of piperidine rings is 1. The Morgan fingerprint density at radius 3 is 1.93 bits per heavy atom. The molecule has 20 nitrogen and oxygen atoms in total. The van der Waals surface area contributed by atoms with Crippen LogP contribution >= 0.6 is 0 Å². The summed E-state index contributed by atoms with van der Waals surface area (Å²) < 4.78 is 0. The van der Waals surface area contributed by atoms with Gasteiger partial charge in [-0.15, -0.1) is 5.06 Å². The van der Waals surface area contributed by atoms with Gasteiger partial charge in [-0.25, -0.2) is 9.78 Å². The summed E-state index contributed by atoms with van der Waals surface area (Å²) in [7, 11) is 0. The minimum atomic E-state index is -1.91. The van der Waals surface area contributed by atoms with Gasteiger partial charge in [0.25, 0.3) is 34.6 Å². The number of hydrogen-bond acceptors (Lipinski definition) is 14. The van der Waals surface area contributed by atoms with Gasteiger partial charge in [-0.2, -0.15) is 0 Å². The summed E-state index contributed by atoms with van der Waals surface area (Å²) in [4.78, 5) is 102. The van der Waals surface area contributed by atoms with Crippen LogP contribution in [0.15, 0.2) is 30.5 Å². The molecule has 2 fully saturated rings. The first-order valence-electron chi connectivity index (χ1n) is 12.4. The number of nitrogens with zero attached hydrogens (tertiary/aromatic N) is 7. The molecule has 2 aliphatic heterocycles. The molecule has 1 atom stereocenters. The predicted molar refractivity (Wildman–Crippen MR) is 136 cm³/mol. The van der Waals surface area contributed by atoms with Gasteiger partial charge in [-0.3, -0.25) is 54.8 Å². The van der Waals surface area contributed by atoms with E-state index in [2.05, 4.69) is 4.98 Å². The van der Waals surface area contributed by atoms with Crippen LogP contribution < -0.4 is 0 Å². The van der Waals surface area contributed by atoms with Crippen LogP contribution in [0.25, 0.3) is 0 Å². The molecule has 224 valence electrons. The van der Waals surface area contributed by atoms with Gasteiger partial charge in [-0.05, 0) is 18.9 Å². The first-order chi connectivity index (χ1) is 20.3. The Bertz CT molecular complexity index is 1490. The monoisotopic (exact) mass is 601 g/mol. The lowest BCUT2D eigenvalue weighted by Gasteiger charge is -2.33. The lowest BCUT2D eigenvalue weighted by atomic mass is 9.89. The van der Waals surface area contributed by atoms with Crippen LogP contribution in [0.3, 0.4) is 0 Å². The van der Waals surface area contributed by atoms with Crippen molar-refractivity contribution in [3.8, 4) is 0 Å². The van der Waals surface area contributed by atoms with Gasteiger partial charge in [0.15, 0.2) is 0 Å². The van der Waals surface area contributed by atoms with E-state index < -0.39 is 89.2 Å². The third-order valence-electron chi connectivity index (χ3n) is 6.87. The van der Waals surface area contributed by atoms with Crippen LogP contribution in [-0.2, 0) is 24.0 Å². The highest BCUT2D eigenvalue weighted by Gasteiger charge is 2.42. The fourth-order valence-corrected chi connectivity index (χ4v) is 4.71. The van der Waals surface area contributed by atoms with Gasteiger partial charge in [-0.1, -0.05) is 0 Å². The smallest absolute Gasteiger partial charge is 0.336 e. The summed E-state index contributed by atoms with van der Waals surface area (Å²) in [5.74, 6) is -6.01. The minimum Gasteiger partial charge on any atom is -0.342 e. The highest BCUT2D eigenvalue weighted by atomic mass is 16.7. The molecule has 2 aliphatic rings. The van der Waals surface area contributed by atoms with E-state index in [1.165, 1.54) is 0 Å². The van der Waals surface area contributed by atoms with E-state index in [0.717, 1.165) is 17.0 Å². The summed E-state index contributed by atoms with van der Waals surface area (Å²) >= 11 is 0. The molecule has 2 aromatic rings. The Labute approximate surface area is 238 Å². The largest absolute Gasteiger partial charge is 0.342 e. The van der Waals surface area contributed by atoms with Crippen LogP contribution in [0, 0.1) is 46.4 Å². The van der Waals surface area contributed by atoms with Crippen molar-refractivity contribution in [2.75, 3.05) is 13.1 Å². The second-order valence-electron chi connectivity index (χ2n) is 9.39. The molecule has 0 aliphatic carbocycles. The third-order valence-corrected chi connectivity index (χ3v) is 6.87. The number of nitro groups is 4. The summed E-state index contributed by atoms with van der Waals surface area (Å²) in [6.45, 7) is -0.364. The number of hydrogen-bond donors (Lipinski definition) is 0. The molecule has 0 saturated carbocycles. The SMILES string of the molecule is O=C(ON1C(=O)CCC1=O)C1CCN(C(=O)C(c2ccc([N+](=O)[O-])cc2[N+](=O)[O-])c2ncc([N+](=O)[O-])cc2[N+](=O)[O-])CC1. The number of carbonyl (C=O) groups is 4. The molecule has 3 amide bonds. The standard InChI is InChI=1S/C23H19N7O13/c31-18-3-4-19(32)26(18)43-23(34)12-5-7-25(8-6-12)22(33)20(15-2-1-13(27(35)36)9-16(15)29(39)40)21-17(30(41)42)10-14(11-24-21)28(37)38/h1-2,9-12,20H,3-8H2. The van der Waals surface area contributed by atoms with Crippen molar-refractivity contribution in [2.45, 2.75) is 31.6 Å². The molecular weight excluding hydrogens is 582 g/mol. The Morgan fingerprint density at radius 1 is 0.837 bits per heavy atom. The highest BCUT2D eigenvalue weighted by Crippen LogP contribution is 2.40. The molecule has 0 bridgehead atoms.